The van der Waals surface area contributed by atoms with Crippen LogP contribution in [-0.2, 0) is 0 Å². The summed E-state index contributed by atoms with van der Waals surface area (Å²) in [6.07, 6.45) is 5.42. The number of nitrogens with zero attached hydrogens (tertiary/aromatic N) is 2. The van der Waals surface area contributed by atoms with E-state index in [0.29, 0.717) is 6.04 Å². The van der Waals surface area contributed by atoms with Crippen molar-refractivity contribution < 1.29 is 18.9 Å². The summed E-state index contributed by atoms with van der Waals surface area (Å²) in [5.41, 5.74) is 0. The Balaban J connectivity index is 0.000000980. The molecule has 0 aromatic carbocycles. The molecular formula is C11H21LiN2. The zero-order chi connectivity index (χ0) is 9.26. The van der Waals surface area contributed by atoms with E-state index in [9.17, 15) is 0 Å². The molecule has 3 heteroatoms. The van der Waals surface area contributed by atoms with Crippen LogP contribution in [0.3, 0.4) is 0 Å². The zero-order valence-corrected chi connectivity index (χ0v) is 9.87. The van der Waals surface area contributed by atoms with Crippen LogP contribution in [0.1, 0.15) is 39.5 Å². The van der Waals surface area contributed by atoms with Gasteiger partial charge in [0.2, 0.25) is 0 Å². The van der Waals surface area contributed by atoms with Crippen molar-refractivity contribution in [2.45, 2.75) is 57.7 Å². The van der Waals surface area contributed by atoms with E-state index in [4.69, 9.17) is 0 Å². The van der Waals surface area contributed by atoms with Crippen molar-refractivity contribution in [3.05, 3.63) is 5.32 Å². The van der Waals surface area contributed by atoms with Gasteiger partial charge in [-0.3, -0.25) is 4.90 Å². The maximum absolute atomic E-state index is 4.63. The molecule has 0 spiro atoms. The first kappa shape index (κ1) is 12.6. The van der Waals surface area contributed by atoms with Gasteiger partial charge in [-0.2, -0.15) is 0 Å². The van der Waals surface area contributed by atoms with E-state index >= 15 is 0 Å². The Morgan fingerprint density at radius 3 is 2.29 bits per heavy atom. The molecule has 2 fully saturated rings. The quantitative estimate of drug-likeness (QED) is 0.529. The normalized spacial score (nSPS) is 38.6. The van der Waals surface area contributed by atoms with Crippen LogP contribution < -0.4 is 18.9 Å². The predicted octanol–water partition coefficient (Wildman–Crippen LogP) is -0.601. The summed E-state index contributed by atoms with van der Waals surface area (Å²) in [6.45, 7) is 7.06. The second kappa shape index (κ2) is 5.56. The van der Waals surface area contributed by atoms with Gasteiger partial charge in [-0.05, 0) is 33.2 Å². The monoisotopic (exact) mass is 188 g/mol. The van der Waals surface area contributed by atoms with E-state index in [-0.39, 0.29) is 18.9 Å². The minimum atomic E-state index is 0. The van der Waals surface area contributed by atoms with Crippen LogP contribution in [0.2, 0.25) is 0 Å². The molecule has 0 aromatic rings. The van der Waals surface area contributed by atoms with E-state index in [1.54, 1.807) is 0 Å². The van der Waals surface area contributed by atoms with E-state index in [1.807, 2.05) is 0 Å². The van der Waals surface area contributed by atoms with Crippen LogP contribution in [0.25, 0.3) is 5.32 Å². The van der Waals surface area contributed by atoms with Crippen molar-refractivity contribution in [2.24, 2.45) is 0 Å². The fourth-order valence-corrected chi connectivity index (χ4v) is 2.69. The van der Waals surface area contributed by atoms with E-state index in [0.717, 1.165) is 18.6 Å². The molecule has 0 amide bonds. The first-order valence-electron chi connectivity index (χ1n) is 5.69. The molecule has 0 bridgehead atoms. The van der Waals surface area contributed by atoms with Crippen LogP contribution in [-0.4, -0.2) is 36.1 Å². The SMILES string of the molecule is C[C@H]1CC[C@H](C)N1C[C@@H]1CCC[N-]1.[Li+]. The van der Waals surface area contributed by atoms with Crippen molar-refractivity contribution >= 4 is 0 Å². The molecule has 0 N–H and O–H groups in total. The van der Waals surface area contributed by atoms with Gasteiger partial charge in [-0.1, -0.05) is 12.8 Å². The third-order valence-corrected chi connectivity index (χ3v) is 3.64. The van der Waals surface area contributed by atoms with Crippen molar-refractivity contribution in [1.82, 2.24) is 4.90 Å². The van der Waals surface area contributed by atoms with E-state index < -0.39 is 0 Å². The molecular weight excluding hydrogens is 167 g/mol. The number of hydrogen-bond acceptors (Lipinski definition) is 1. The molecule has 76 valence electrons. The molecule has 0 saturated carbocycles. The number of hydrogen-bond donors (Lipinski definition) is 0. The summed E-state index contributed by atoms with van der Waals surface area (Å²) in [4.78, 5) is 2.65. The predicted molar refractivity (Wildman–Crippen MR) is 56.1 cm³/mol. The van der Waals surface area contributed by atoms with Gasteiger partial charge >= 0.3 is 18.9 Å². The molecule has 2 heterocycles. The van der Waals surface area contributed by atoms with Crippen molar-refractivity contribution in [3.63, 3.8) is 0 Å². The third-order valence-electron chi connectivity index (χ3n) is 3.64. The summed E-state index contributed by atoms with van der Waals surface area (Å²) in [6, 6.07) is 2.25. The van der Waals surface area contributed by atoms with Crippen LogP contribution in [0.15, 0.2) is 0 Å². The molecule has 0 aliphatic carbocycles. The van der Waals surface area contributed by atoms with Gasteiger partial charge in [-0.15, -0.1) is 12.6 Å². The summed E-state index contributed by atoms with van der Waals surface area (Å²) in [5.74, 6) is 0. The molecule has 2 aliphatic heterocycles. The van der Waals surface area contributed by atoms with Crippen molar-refractivity contribution in [2.75, 3.05) is 13.1 Å². The van der Waals surface area contributed by atoms with Crippen molar-refractivity contribution in [1.29, 1.82) is 0 Å². The summed E-state index contributed by atoms with van der Waals surface area (Å²) >= 11 is 0. The van der Waals surface area contributed by atoms with Gasteiger partial charge in [0, 0.05) is 12.1 Å². The third kappa shape index (κ3) is 2.76. The van der Waals surface area contributed by atoms with Crippen LogP contribution in [0.4, 0.5) is 0 Å². The molecule has 0 radical (unpaired) electrons. The second-order valence-electron chi connectivity index (χ2n) is 4.67. The van der Waals surface area contributed by atoms with Gasteiger partial charge in [0.25, 0.3) is 0 Å². The Hall–Kier alpha value is 0.517. The van der Waals surface area contributed by atoms with Crippen molar-refractivity contribution in [3.8, 4) is 0 Å². The zero-order valence-electron chi connectivity index (χ0n) is 9.87. The number of likely N-dealkylation sites (tertiary alicyclic amines) is 1. The molecule has 14 heavy (non-hydrogen) atoms. The van der Waals surface area contributed by atoms with Gasteiger partial charge in [0.15, 0.2) is 0 Å². The van der Waals surface area contributed by atoms with Crippen LogP contribution >= 0.6 is 0 Å². The summed E-state index contributed by atoms with van der Waals surface area (Å²) in [5, 5.41) is 4.63. The Morgan fingerprint density at radius 2 is 1.79 bits per heavy atom. The fourth-order valence-electron chi connectivity index (χ4n) is 2.69. The standard InChI is InChI=1S/C11H21N2.Li/c1-9-5-6-10(2)13(9)8-11-4-3-7-12-11;/h9-11H,3-8H2,1-2H3;/q-1;+1/t9-,10-,11-;/m0./s1. The molecule has 0 unspecified atom stereocenters. The van der Waals surface area contributed by atoms with Gasteiger partial charge < -0.3 is 5.32 Å². The Kier molecular flexibility index (Phi) is 5.00. The summed E-state index contributed by atoms with van der Waals surface area (Å²) < 4.78 is 0. The van der Waals surface area contributed by atoms with E-state index in [1.165, 1.54) is 32.2 Å². The van der Waals surface area contributed by atoms with Crippen LogP contribution in [0.5, 0.6) is 0 Å². The minimum Gasteiger partial charge on any atom is -0.658 e. The first-order chi connectivity index (χ1) is 6.27. The first-order valence-corrected chi connectivity index (χ1v) is 5.69. The number of rotatable bonds is 2. The average Bonchev–Trinajstić information content (AvgIpc) is 2.70. The van der Waals surface area contributed by atoms with E-state index in [2.05, 4.69) is 24.1 Å². The largest absolute Gasteiger partial charge is 1.00 e. The van der Waals surface area contributed by atoms with Gasteiger partial charge in [0.1, 0.15) is 0 Å². The Labute approximate surface area is 100.0 Å². The average molecular weight is 188 g/mol. The van der Waals surface area contributed by atoms with Gasteiger partial charge in [-0.25, -0.2) is 0 Å². The molecule has 2 aliphatic rings. The smallest absolute Gasteiger partial charge is 0.658 e. The molecule has 2 rings (SSSR count). The van der Waals surface area contributed by atoms with Gasteiger partial charge in [0.05, 0.1) is 0 Å². The topological polar surface area (TPSA) is 17.3 Å². The molecule has 2 nitrogen and oxygen atoms in total. The maximum Gasteiger partial charge on any atom is 1.00 e. The maximum atomic E-state index is 4.63. The fraction of sp³-hybridized carbons (Fsp3) is 1.00. The molecule has 3 atom stereocenters. The molecule has 2 saturated heterocycles. The Bertz CT molecular complexity index is 159. The second-order valence-corrected chi connectivity index (χ2v) is 4.67. The summed E-state index contributed by atoms with van der Waals surface area (Å²) in [7, 11) is 0. The Morgan fingerprint density at radius 1 is 1.14 bits per heavy atom. The minimum absolute atomic E-state index is 0. The molecule has 0 aromatic heterocycles. The van der Waals surface area contributed by atoms with Crippen LogP contribution in [0, 0.1) is 0 Å².